The zero-order valence-electron chi connectivity index (χ0n) is 10.1. The maximum Gasteiger partial charge on any atom is 0.147 e. The monoisotopic (exact) mass is 329 g/mol. The molecule has 96 valence electrons. The molecule has 1 atom stereocenters. The molecule has 0 aliphatic heterocycles. The Kier molecular flexibility index (Phi) is 4.42. The van der Waals surface area contributed by atoms with Gasteiger partial charge in [0.15, 0.2) is 0 Å². The van der Waals surface area contributed by atoms with Crippen molar-refractivity contribution >= 4 is 27.3 Å². The van der Waals surface area contributed by atoms with Crippen LogP contribution in [0.3, 0.4) is 0 Å². The second-order valence-electron chi connectivity index (χ2n) is 3.88. The minimum atomic E-state index is -0.282. The summed E-state index contributed by atoms with van der Waals surface area (Å²) in [4.78, 5) is 0. The fraction of sp³-hybridized carbons (Fsp3) is 0.333. The van der Waals surface area contributed by atoms with E-state index in [0.717, 1.165) is 22.1 Å². The highest BCUT2D eigenvalue weighted by molar-refractivity contribution is 9.10. The molecule has 2 rings (SSSR count). The molecular formula is C12H13BrFN3S. The molecule has 0 aliphatic rings. The molecule has 3 nitrogen and oxygen atoms in total. The summed E-state index contributed by atoms with van der Waals surface area (Å²) in [5, 5.41) is 13.2. The molecule has 1 unspecified atom stereocenters. The van der Waals surface area contributed by atoms with Gasteiger partial charge in [-0.25, -0.2) is 4.39 Å². The van der Waals surface area contributed by atoms with Gasteiger partial charge in [0.05, 0.1) is 6.04 Å². The topological polar surface area (TPSA) is 37.8 Å². The van der Waals surface area contributed by atoms with Crippen molar-refractivity contribution in [2.45, 2.75) is 19.9 Å². The highest BCUT2D eigenvalue weighted by Gasteiger charge is 2.13. The van der Waals surface area contributed by atoms with E-state index in [4.69, 9.17) is 0 Å². The number of hydrogen-bond donors (Lipinski definition) is 1. The molecule has 0 aliphatic carbocycles. The van der Waals surface area contributed by atoms with Crippen molar-refractivity contribution in [2.24, 2.45) is 0 Å². The lowest BCUT2D eigenvalue weighted by Gasteiger charge is -2.06. The van der Waals surface area contributed by atoms with Gasteiger partial charge in [0.1, 0.15) is 15.8 Å². The molecule has 2 aromatic rings. The van der Waals surface area contributed by atoms with E-state index in [-0.39, 0.29) is 11.9 Å². The summed E-state index contributed by atoms with van der Waals surface area (Å²) in [5.74, 6) is -0.282. The third-order valence-electron chi connectivity index (χ3n) is 2.43. The molecule has 0 amide bonds. The van der Waals surface area contributed by atoms with Gasteiger partial charge in [-0.1, -0.05) is 34.2 Å². The second kappa shape index (κ2) is 5.86. The number of nitrogens with zero attached hydrogens (tertiary/aromatic N) is 2. The van der Waals surface area contributed by atoms with Crippen LogP contribution in [-0.4, -0.2) is 16.7 Å². The van der Waals surface area contributed by atoms with Crippen LogP contribution < -0.4 is 5.32 Å². The highest BCUT2D eigenvalue weighted by atomic mass is 79.9. The van der Waals surface area contributed by atoms with E-state index in [1.807, 2.05) is 19.9 Å². The maximum absolute atomic E-state index is 13.3. The molecule has 0 radical (unpaired) electrons. The SMILES string of the molecule is CCNC(C)c1nnc(-c2cc(F)cc(Br)c2)s1. The molecule has 1 aromatic carbocycles. The summed E-state index contributed by atoms with van der Waals surface area (Å²) in [6, 6.07) is 4.89. The lowest BCUT2D eigenvalue weighted by atomic mass is 10.2. The Balaban J connectivity index is 2.29. The van der Waals surface area contributed by atoms with Crippen molar-refractivity contribution in [1.29, 1.82) is 0 Å². The smallest absolute Gasteiger partial charge is 0.147 e. The van der Waals surface area contributed by atoms with Crippen molar-refractivity contribution < 1.29 is 4.39 Å². The molecule has 0 fully saturated rings. The lowest BCUT2D eigenvalue weighted by Crippen LogP contribution is -2.17. The van der Waals surface area contributed by atoms with Gasteiger partial charge in [0.25, 0.3) is 0 Å². The number of benzene rings is 1. The van der Waals surface area contributed by atoms with Crippen molar-refractivity contribution in [3.8, 4) is 10.6 Å². The van der Waals surface area contributed by atoms with E-state index in [2.05, 4.69) is 31.4 Å². The maximum atomic E-state index is 13.3. The molecule has 1 N–H and O–H groups in total. The van der Waals surface area contributed by atoms with Gasteiger partial charge < -0.3 is 5.32 Å². The first-order valence-corrected chi connectivity index (χ1v) is 7.24. The Morgan fingerprint density at radius 2 is 2.17 bits per heavy atom. The van der Waals surface area contributed by atoms with Crippen LogP contribution in [0.2, 0.25) is 0 Å². The minimum Gasteiger partial charge on any atom is -0.308 e. The van der Waals surface area contributed by atoms with Gasteiger partial charge in [0.2, 0.25) is 0 Å². The van der Waals surface area contributed by atoms with Crippen LogP contribution in [0.1, 0.15) is 24.9 Å². The molecule has 1 aromatic heterocycles. The van der Waals surface area contributed by atoms with Crippen molar-refractivity contribution in [1.82, 2.24) is 15.5 Å². The van der Waals surface area contributed by atoms with E-state index in [1.165, 1.54) is 23.5 Å². The molecule has 0 saturated heterocycles. The quantitative estimate of drug-likeness (QED) is 0.927. The fourth-order valence-corrected chi connectivity index (χ4v) is 2.92. The highest BCUT2D eigenvalue weighted by Crippen LogP contribution is 2.29. The Hall–Kier alpha value is -0.850. The normalized spacial score (nSPS) is 12.7. The third kappa shape index (κ3) is 3.13. The van der Waals surface area contributed by atoms with Gasteiger partial charge >= 0.3 is 0 Å². The fourth-order valence-electron chi connectivity index (χ4n) is 1.60. The minimum absolute atomic E-state index is 0.165. The molecule has 6 heteroatoms. The third-order valence-corrected chi connectivity index (χ3v) is 4.04. The molecular weight excluding hydrogens is 317 g/mol. The second-order valence-corrected chi connectivity index (χ2v) is 5.81. The van der Waals surface area contributed by atoms with Crippen molar-refractivity contribution in [2.75, 3.05) is 6.54 Å². The summed E-state index contributed by atoms with van der Waals surface area (Å²) in [7, 11) is 0. The van der Waals surface area contributed by atoms with E-state index in [0.29, 0.717) is 4.47 Å². The lowest BCUT2D eigenvalue weighted by molar-refractivity contribution is 0.590. The Labute approximate surface area is 118 Å². The van der Waals surface area contributed by atoms with Crippen molar-refractivity contribution in [3.63, 3.8) is 0 Å². The van der Waals surface area contributed by atoms with Gasteiger partial charge in [0, 0.05) is 10.0 Å². The zero-order chi connectivity index (χ0) is 13.1. The van der Waals surface area contributed by atoms with Crippen LogP contribution >= 0.6 is 27.3 Å². The summed E-state index contributed by atoms with van der Waals surface area (Å²) in [6.45, 7) is 4.96. The first-order chi connectivity index (χ1) is 8.60. The van der Waals surface area contributed by atoms with Gasteiger partial charge in [-0.15, -0.1) is 10.2 Å². The number of hydrogen-bond acceptors (Lipinski definition) is 4. The standard InChI is InChI=1S/C12H13BrFN3S/c1-3-15-7(2)11-16-17-12(18-11)8-4-9(13)6-10(14)5-8/h4-7,15H,3H2,1-2H3. The average Bonchev–Trinajstić information content (AvgIpc) is 2.77. The largest absolute Gasteiger partial charge is 0.308 e. The average molecular weight is 330 g/mol. The first-order valence-electron chi connectivity index (χ1n) is 5.63. The zero-order valence-corrected chi connectivity index (χ0v) is 12.5. The van der Waals surface area contributed by atoms with Crippen LogP contribution in [0, 0.1) is 5.82 Å². The van der Waals surface area contributed by atoms with Crippen LogP contribution in [0.5, 0.6) is 0 Å². The Morgan fingerprint density at radius 3 is 2.83 bits per heavy atom. The summed E-state index contributed by atoms with van der Waals surface area (Å²) >= 11 is 4.75. The van der Waals surface area contributed by atoms with E-state index in [1.54, 1.807) is 0 Å². The molecule has 0 spiro atoms. The van der Waals surface area contributed by atoms with Gasteiger partial charge in [-0.05, 0) is 31.7 Å². The number of aromatic nitrogens is 2. The molecule has 0 bridgehead atoms. The Morgan fingerprint density at radius 1 is 1.39 bits per heavy atom. The van der Waals surface area contributed by atoms with Gasteiger partial charge in [-0.2, -0.15) is 0 Å². The Bertz CT molecular complexity index is 524. The van der Waals surface area contributed by atoms with Crippen LogP contribution in [-0.2, 0) is 0 Å². The van der Waals surface area contributed by atoms with Gasteiger partial charge in [-0.3, -0.25) is 0 Å². The van der Waals surface area contributed by atoms with Crippen LogP contribution in [0.25, 0.3) is 10.6 Å². The predicted octanol–water partition coefficient (Wildman–Crippen LogP) is 3.78. The molecule has 18 heavy (non-hydrogen) atoms. The van der Waals surface area contributed by atoms with E-state index in [9.17, 15) is 4.39 Å². The van der Waals surface area contributed by atoms with E-state index >= 15 is 0 Å². The van der Waals surface area contributed by atoms with Crippen LogP contribution in [0.4, 0.5) is 4.39 Å². The van der Waals surface area contributed by atoms with E-state index < -0.39 is 0 Å². The number of halogens is 2. The summed E-state index contributed by atoms with van der Waals surface area (Å²) in [5.41, 5.74) is 0.745. The van der Waals surface area contributed by atoms with Crippen molar-refractivity contribution in [3.05, 3.63) is 33.5 Å². The molecule has 0 saturated carbocycles. The first kappa shape index (κ1) is 13.6. The van der Waals surface area contributed by atoms with Crippen LogP contribution in [0.15, 0.2) is 22.7 Å². The molecule has 1 heterocycles. The summed E-state index contributed by atoms with van der Waals surface area (Å²) < 4.78 is 14.0. The number of nitrogens with one attached hydrogen (secondary N) is 1. The predicted molar refractivity (Wildman–Crippen MR) is 75.1 cm³/mol. The number of rotatable bonds is 4. The summed E-state index contributed by atoms with van der Waals surface area (Å²) in [6.07, 6.45) is 0.